The molecule has 1 heterocycles. The van der Waals surface area contributed by atoms with Gasteiger partial charge < -0.3 is 14.6 Å². The van der Waals surface area contributed by atoms with Crippen LogP contribution in [0.15, 0.2) is 12.5 Å². The number of imide groups is 1. The summed E-state index contributed by atoms with van der Waals surface area (Å²) in [5.74, 6) is -0.752. The number of carbonyl (C=O) groups excluding carboxylic acids is 2. The molecule has 8 heteroatoms. The summed E-state index contributed by atoms with van der Waals surface area (Å²) in [5.41, 5.74) is -1.67. The molecule has 0 aliphatic carbocycles. The molecule has 0 aliphatic heterocycles. The number of nitrogens with zero attached hydrogens (tertiary/aromatic N) is 3. The van der Waals surface area contributed by atoms with Crippen molar-refractivity contribution in [2.24, 2.45) is 0 Å². The van der Waals surface area contributed by atoms with E-state index in [1.165, 1.54) is 0 Å². The summed E-state index contributed by atoms with van der Waals surface area (Å²) in [6.07, 6.45) is 0.146. The van der Waals surface area contributed by atoms with Crippen LogP contribution in [0.4, 0.5) is 15.4 Å². The van der Waals surface area contributed by atoms with E-state index in [0.717, 1.165) is 12.5 Å². The first-order valence-electron chi connectivity index (χ1n) is 6.66. The molecule has 8 nitrogen and oxygen atoms in total. The minimum atomic E-state index is -1.00. The van der Waals surface area contributed by atoms with Crippen LogP contribution in [0, 0.1) is 0 Å². The van der Waals surface area contributed by atoms with Crippen LogP contribution < -0.4 is 4.90 Å². The first-order chi connectivity index (χ1) is 9.91. The van der Waals surface area contributed by atoms with Crippen molar-refractivity contribution in [1.82, 2.24) is 9.97 Å². The van der Waals surface area contributed by atoms with Crippen molar-refractivity contribution in [3.8, 4) is 5.75 Å². The topological polar surface area (TPSA) is 102 Å². The van der Waals surface area contributed by atoms with Gasteiger partial charge in [0.25, 0.3) is 0 Å². The zero-order valence-corrected chi connectivity index (χ0v) is 13.6. The van der Waals surface area contributed by atoms with Gasteiger partial charge in [0.05, 0.1) is 6.20 Å². The summed E-state index contributed by atoms with van der Waals surface area (Å²) < 4.78 is 10.3. The first-order valence-corrected chi connectivity index (χ1v) is 6.66. The van der Waals surface area contributed by atoms with Crippen LogP contribution in [-0.4, -0.2) is 38.5 Å². The fraction of sp³-hybridized carbons (Fsp3) is 0.571. The van der Waals surface area contributed by atoms with Gasteiger partial charge in [-0.1, -0.05) is 0 Å². The summed E-state index contributed by atoms with van der Waals surface area (Å²) >= 11 is 0. The van der Waals surface area contributed by atoms with E-state index in [9.17, 15) is 14.7 Å². The molecule has 1 aromatic heterocycles. The van der Waals surface area contributed by atoms with Crippen molar-refractivity contribution in [1.29, 1.82) is 0 Å². The molecule has 0 saturated carbocycles. The Morgan fingerprint density at radius 1 is 1.05 bits per heavy atom. The van der Waals surface area contributed by atoms with Gasteiger partial charge in [-0.05, 0) is 41.5 Å². The number of ether oxygens (including phenoxy) is 2. The molecule has 0 spiro atoms. The Morgan fingerprint density at radius 3 is 1.86 bits per heavy atom. The van der Waals surface area contributed by atoms with Crippen LogP contribution in [-0.2, 0) is 9.47 Å². The maximum atomic E-state index is 12.3. The maximum absolute atomic E-state index is 12.3. The van der Waals surface area contributed by atoms with Gasteiger partial charge in [0.15, 0.2) is 11.6 Å². The van der Waals surface area contributed by atoms with E-state index in [1.54, 1.807) is 41.5 Å². The predicted molar refractivity (Wildman–Crippen MR) is 78.6 cm³/mol. The lowest BCUT2D eigenvalue weighted by Gasteiger charge is -2.28. The second-order valence-electron chi connectivity index (χ2n) is 6.53. The number of amides is 2. The molecule has 0 radical (unpaired) electrons. The van der Waals surface area contributed by atoms with Crippen LogP contribution in [0.1, 0.15) is 41.5 Å². The Hall–Kier alpha value is -2.38. The summed E-state index contributed by atoms with van der Waals surface area (Å²) in [6.45, 7) is 9.90. The van der Waals surface area contributed by atoms with Crippen LogP contribution >= 0.6 is 0 Å². The Morgan fingerprint density at radius 2 is 1.50 bits per heavy atom. The molecule has 0 aliphatic rings. The van der Waals surface area contributed by atoms with Crippen molar-refractivity contribution in [3.63, 3.8) is 0 Å². The second-order valence-corrected chi connectivity index (χ2v) is 6.53. The molecular weight excluding hydrogens is 290 g/mol. The van der Waals surface area contributed by atoms with Crippen molar-refractivity contribution in [2.75, 3.05) is 4.90 Å². The molecule has 0 bridgehead atoms. The standard InChI is InChI=1S/C14H21N3O5/c1-13(2,3)21-11(19)17(12(20)22-14(4,5)6)10-9(18)7-15-8-16-10/h7-8,18H,1-6H3. The number of hydrogen-bond acceptors (Lipinski definition) is 7. The van der Waals surface area contributed by atoms with Crippen molar-refractivity contribution in [2.45, 2.75) is 52.7 Å². The molecule has 0 unspecified atom stereocenters. The van der Waals surface area contributed by atoms with Crippen LogP contribution in [0.2, 0.25) is 0 Å². The van der Waals surface area contributed by atoms with E-state index < -0.39 is 29.1 Å². The molecule has 0 fully saturated rings. The molecule has 22 heavy (non-hydrogen) atoms. The molecule has 1 N–H and O–H groups in total. The van der Waals surface area contributed by atoms with Crippen LogP contribution in [0.5, 0.6) is 5.75 Å². The number of carbonyl (C=O) groups is 2. The number of rotatable bonds is 1. The van der Waals surface area contributed by atoms with Gasteiger partial charge in [0, 0.05) is 0 Å². The second kappa shape index (κ2) is 6.17. The highest BCUT2D eigenvalue weighted by atomic mass is 16.6. The van der Waals surface area contributed by atoms with E-state index in [4.69, 9.17) is 9.47 Å². The SMILES string of the molecule is CC(C)(C)OC(=O)N(C(=O)OC(C)(C)C)c1ncncc1O. The number of anilines is 1. The zero-order valence-electron chi connectivity index (χ0n) is 13.6. The van der Waals surface area contributed by atoms with E-state index in [0.29, 0.717) is 4.90 Å². The van der Waals surface area contributed by atoms with E-state index in [-0.39, 0.29) is 5.82 Å². The van der Waals surface area contributed by atoms with E-state index >= 15 is 0 Å². The molecule has 0 atom stereocenters. The quantitative estimate of drug-likeness (QED) is 0.850. The highest BCUT2D eigenvalue weighted by Crippen LogP contribution is 2.26. The van der Waals surface area contributed by atoms with Gasteiger partial charge in [-0.2, -0.15) is 4.90 Å². The molecule has 1 rings (SSSR count). The zero-order chi connectivity index (χ0) is 17.1. The monoisotopic (exact) mass is 311 g/mol. The molecule has 0 saturated heterocycles. The Bertz CT molecular complexity index is 532. The molecule has 1 aromatic rings. The third-order valence-electron chi connectivity index (χ3n) is 2.04. The molecular formula is C14H21N3O5. The maximum Gasteiger partial charge on any atom is 0.425 e. The lowest BCUT2D eigenvalue weighted by atomic mass is 10.2. The number of aromatic nitrogens is 2. The minimum absolute atomic E-state index is 0.307. The minimum Gasteiger partial charge on any atom is -0.503 e. The van der Waals surface area contributed by atoms with Gasteiger partial charge in [-0.15, -0.1) is 0 Å². The third kappa shape index (κ3) is 5.19. The summed E-state index contributed by atoms with van der Waals surface area (Å²) in [7, 11) is 0. The van der Waals surface area contributed by atoms with E-state index in [2.05, 4.69) is 9.97 Å². The molecule has 2 amide bonds. The Balaban J connectivity index is 3.19. The highest BCUT2D eigenvalue weighted by molar-refractivity contribution is 6.09. The summed E-state index contributed by atoms with van der Waals surface area (Å²) in [6, 6.07) is 0. The first kappa shape index (κ1) is 17.7. The third-order valence-corrected chi connectivity index (χ3v) is 2.04. The highest BCUT2D eigenvalue weighted by Gasteiger charge is 2.35. The Kier molecular flexibility index (Phi) is 4.95. The van der Waals surface area contributed by atoms with Crippen LogP contribution in [0.3, 0.4) is 0 Å². The van der Waals surface area contributed by atoms with Gasteiger partial charge in [-0.3, -0.25) is 0 Å². The van der Waals surface area contributed by atoms with Crippen molar-refractivity contribution < 1.29 is 24.2 Å². The average molecular weight is 311 g/mol. The summed E-state index contributed by atoms with van der Waals surface area (Å²) in [4.78, 5) is 32.4. The average Bonchev–Trinajstić information content (AvgIpc) is 2.27. The van der Waals surface area contributed by atoms with Crippen LogP contribution in [0.25, 0.3) is 0 Å². The van der Waals surface area contributed by atoms with E-state index in [1.807, 2.05) is 0 Å². The van der Waals surface area contributed by atoms with Gasteiger partial charge >= 0.3 is 12.2 Å². The van der Waals surface area contributed by atoms with Gasteiger partial charge in [0.1, 0.15) is 17.5 Å². The molecule has 122 valence electrons. The normalized spacial score (nSPS) is 11.7. The smallest absolute Gasteiger partial charge is 0.425 e. The van der Waals surface area contributed by atoms with Gasteiger partial charge in [-0.25, -0.2) is 19.6 Å². The van der Waals surface area contributed by atoms with Crippen molar-refractivity contribution in [3.05, 3.63) is 12.5 Å². The lowest BCUT2D eigenvalue weighted by Crippen LogP contribution is -2.44. The van der Waals surface area contributed by atoms with Gasteiger partial charge in [0.2, 0.25) is 0 Å². The fourth-order valence-electron chi connectivity index (χ4n) is 1.35. The fourth-order valence-corrected chi connectivity index (χ4v) is 1.35. The predicted octanol–water partition coefficient (Wildman–Crippen LogP) is 2.86. The summed E-state index contributed by atoms with van der Waals surface area (Å²) in [5, 5.41) is 9.79. The van der Waals surface area contributed by atoms with Crippen molar-refractivity contribution >= 4 is 18.0 Å². The lowest BCUT2D eigenvalue weighted by molar-refractivity contribution is 0.0427. The molecule has 0 aromatic carbocycles. The largest absolute Gasteiger partial charge is 0.503 e. The number of aromatic hydroxyl groups is 1. The Labute approximate surface area is 129 Å². The number of hydrogen-bond donors (Lipinski definition) is 1.